The van der Waals surface area contributed by atoms with Crippen LogP contribution in [0.5, 0.6) is 0 Å². The van der Waals surface area contributed by atoms with E-state index in [1.807, 2.05) is 12.1 Å². The van der Waals surface area contributed by atoms with Gasteiger partial charge in [0.05, 0.1) is 33.4 Å². The summed E-state index contributed by atoms with van der Waals surface area (Å²) in [5, 5.41) is 15.0. The molecule has 0 saturated carbocycles. The van der Waals surface area contributed by atoms with Gasteiger partial charge < -0.3 is 15.0 Å². The fourth-order valence-electron chi connectivity index (χ4n) is 3.95. The predicted molar refractivity (Wildman–Crippen MR) is 120 cm³/mol. The van der Waals surface area contributed by atoms with Gasteiger partial charge in [-0.05, 0) is 36.7 Å². The number of aliphatic hydroxyl groups excluding tert-OH is 1. The number of nitrogens with one attached hydrogen (secondary N) is 1. The van der Waals surface area contributed by atoms with Crippen molar-refractivity contribution in [2.75, 3.05) is 19.6 Å². The summed E-state index contributed by atoms with van der Waals surface area (Å²) in [6, 6.07) is 9.82. The number of hydrogen-bond acceptors (Lipinski definition) is 5. The predicted octanol–water partition coefficient (Wildman–Crippen LogP) is 3.07. The summed E-state index contributed by atoms with van der Waals surface area (Å²) in [7, 11) is 0. The van der Waals surface area contributed by atoms with Gasteiger partial charge in [0.25, 0.3) is 5.56 Å². The maximum atomic E-state index is 13.6. The van der Waals surface area contributed by atoms with E-state index < -0.39 is 11.9 Å². The molecule has 2 atom stereocenters. The first-order valence-corrected chi connectivity index (χ1v) is 10.9. The van der Waals surface area contributed by atoms with Crippen LogP contribution in [-0.2, 0) is 13.1 Å². The van der Waals surface area contributed by atoms with Crippen LogP contribution in [-0.4, -0.2) is 51.3 Å². The monoisotopic (exact) mass is 464 g/mol. The largest absolute Gasteiger partial charge is 0.390 e. The van der Waals surface area contributed by atoms with E-state index >= 15 is 0 Å². The van der Waals surface area contributed by atoms with Crippen LogP contribution in [0.2, 0.25) is 10.0 Å². The van der Waals surface area contributed by atoms with Crippen molar-refractivity contribution in [2.24, 2.45) is 0 Å². The van der Waals surface area contributed by atoms with Crippen molar-refractivity contribution in [3.63, 3.8) is 0 Å². The van der Waals surface area contributed by atoms with Crippen molar-refractivity contribution in [1.29, 1.82) is 0 Å². The molecule has 2 N–H and O–H groups in total. The Bertz CT molecular complexity index is 1140. The normalized spacial score (nSPS) is 19.7. The standard InChI is InChI=1S/C22H23Cl2FN4O2/c23-16-2-1-14(9-17(16)24)11-26-19-5-6-28(13-21(19)30)7-8-29-20-10-15(25)12-27-18(20)3-4-22(29)31/h1-4,9-10,12,19,21,26,30H,5-8,11,13H2/t19-,21+/m0/s1. The molecule has 0 spiro atoms. The van der Waals surface area contributed by atoms with E-state index in [0.29, 0.717) is 47.3 Å². The fraction of sp³-hybridized carbons (Fsp3) is 0.364. The fourth-order valence-corrected chi connectivity index (χ4v) is 4.27. The Labute approximate surface area is 189 Å². The van der Waals surface area contributed by atoms with Crippen molar-refractivity contribution in [2.45, 2.75) is 31.7 Å². The highest BCUT2D eigenvalue weighted by molar-refractivity contribution is 6.42. The molecule has 1 aromatic carbocycles. The van der Waals surface area contributed by atoms with Gasteiger partial charge in [-0.2, -0.15) is 0 Å². The number of hydrogen-bond donors (Lipinski definition) is 2. The quantitative estimate of drug-likeness (QED) is 0.586. The summed E-state index contributed by atoms with van der Waals surface area (Å²) < 4.78 is 15.2. The molecule has 2 aromatic heterocycles. The Balaban J connectivity index is 1.34. The van der Waals surface area contributed by atoms with Crippen molar-refractivity contribution < 1.29 is 9.50 Å². The Morgan fingerprint density at radius 1 is 1.16 bits per heavy atom. The van der Waals surface area contributed by atoms with Gasteiger partial charge >= 0.3 is 0 Å². The Hall–Kier alpha value is -2.03. The van der Waals surface area contributed by atoms with Gasteiger partial charge in [-0.25, -0.2) is 4.39 Å². The molecule has 4 rings (SSSR count). The van der Waals surface area contributed by atoms with Gasteiger partial charge in [0.15, 0.2) is 0 Å². The van der Waals surface area contributed by atoms with Crippen LogP contribution in [0.4, 0.5) is 4.39 Å². The van der Waals surface area contributed by atoms with Crippen molar-refractivity contribution in [3.05, 3.63) is 74.4 Å². The third kappa shape index (κ3) is 5.25. The number of likely N-dealkylation sites (tertiary alicyclic amines) is 1. The van der Waals surface area contributed by atoms with Gasteiger partial charge in [-0.3, -0.25) is 14.7 Å². The van der Waals surface area contributed by atoms with Crippen LogP contribution in [0.25, 0.3) is 11.0 Å². The van der Waals surface area contributed by atoms with Crippen LogP contribution in [0.1, 0.15) is 12.0 Å². The molecular weight excluding hydrogens is 442 g/mol. The van der Waals surface area contributed by atoms with Gasteiger partial charge in [-0.1, -0.05) is 29.3 Å². The Morgan fingerprint density at radius 2 is 2.00 bits per heavy atom. The zero-order chi connectivity index (χ0) is 22.0. The summed E-state index contributed by atoms with van der Waals surface area (Å²) >= 11 is 12.0. The van der Waals surface area contributed by atoms with Crippen molar-refractivity contribution in [3.8, 4) is 0 Å². The summed E-state index contributed by atoms with van der Waals surface area (Å²) in [4.78, 5) is 18.5. The second kappa shape index (κ2) is 9.63. The third-order valence-corrected chi connectivity index (χ3v) is 6.40. The summed E-state index contributed by atoms with van der Waals surface area (Å²) in [6.07, 6.45) is 1.37. The van der Waals surface area contributed by atoms with E-state index in [0.717, 1.165) is 24.7 Å². The molecule has 3 heterocycles. The number of nitrogens with zero attached hydrogens (tertiary/aromatic N) is 3. The van der Waals surface area contributed by atoms with Gasteiger partial charge in [0.2, 0.25) is 0 Å². The molecule has 0 radical (unpaired) electrons. The molecule has 0 unspecified atom stereocenters. The lowest BCUT2D eigenvalue weighted by Gasteiger charge is -2.36. The zero-order valence-electron chi connectivity index (χ0n) is 16.8. The Morgan fingerprint density at radius 3 is 2.77 bits per heavy atom. The number of aromatic nitrogens is 2. The minimum atomic E-state index is -0.542. The average Bonchev–Trinajstić information content (AvgIpc) is 2.74. The highest BCUT2D eigenvalue weighted by atomic mass is 35.5. The molecule has 1 aliphatic heterocycles. The van der Waals surface area contributed by atoms with Gasteiger partial charge in [-0.15, -0.1) is 0 Å². The maximum absolute atomic E-state index is 13.6. The van der Waals surface area contributed by atoms with E-state index in [-0.39, 0.29) is 11.6 Å². The lowest BCUT2D eigenvalue weighted by Crippen LogP contribution is -2.53. The second-order valence-corrected chi connectivity index (χ2v) is 8.59. The summed E-state index contributed by atoms with van der Waals surface area (Å²) in [5.74, 6) is -0.476. The van der Waals surface area contributed by atoms with Crippen molar-refractivity contribution >= 4 is 34.2 Å². The van der Waals surface area contributed by atoms with E-state index in [2.05, 4.69) is 15.2 Å². The number of halogens is 3. The van der Waals surface area contributed by atoms with Gasteiger partial charge in [0.1, 0.15) is 5.82 Å². The molecule has 1 saturated heterocycles. The van der Waals surface area contributed by atoms with Gasteiger partial charge in [0, 0.05) is 44.4 Å². The number of benzene rings is 1. The molecule has 0 bridgehead atoms. The molecule has 9 heteroatoms. The molecular formula is C22H23Cl2FN4O2. The SMILES string of the molecule is O=c1ccc2ncc(F)cc2n1CCN1CC[C@H](NCc2ccc(Cl)c(Cl)c2)[C@H](O)C1. The maximum Gasteiger partial charge on any atom is 0.251 e. The zero-order valence-corrected chi connectivity index (χ0v) is 18.3. The Kier molecular flexibility index (Phi) is 6.89. The minimum Gasteiger partial charge on any atom is -0.390 e. The molecule has 1 aliphatic rings. The first-order chi connectivity index (χ1) is 14.9. The van der Waals surface area contributed by atoms with E-state index in [4.69, 9.17) is 23.2 Å². The number of β-amino-alcohol motifs (C(OH)–C–C–N with tert-alkyl or cyclic N) is 1. The third-order valence-electron chi connectivity index (χ3n) is 5.66. The van der Waals surface area contributed by atoms with Crippen LogP contribution >= 0.6 is 23.2 Å². The minimum absolute atomic E-state index is 0.0377. The number of aliphatic hydroxyl groups is 1. The lowest BCUT2D eigenvalue weighted by molar-refractivity contribution is 0.0385. The summed E-state index contributed by atoms with van der Waals surface area (Å²) in [5.41, 5.74) is 1.86. The molecule has 0 amide bonds. The highest BCUT2D eigenvalue weighted by Gasteiger charge is 2.27. The average molecular weight is 465 g/mol. The molecule has 164 valence electrons. The van der Waals surface area contributed by atoms with E-state index in [1.54, 1.807) is 12.1 Å². The second-order valence-electron chi connectivity index (χ2n) is 7.77. The first kappa shape index (κ1) is 22.2. The van der Waals surface area contributed by atoms with Crippen LogP contribution in [0.15, 0.2) is 47.4 Å². The molecule has 3 aromatic rings. The molecule has 31 heavy (non-hydrogen) atoms. The number of rotatable bonds is 6. The first-order valence-electron chi connectivity index (χ1n) is 10.1. The topological polar surface area (TPSA) is 70.4 Å². The summed E-state index contributed by atoms with van der Waals surface area (Å²) in [6.45, 7) is 2.83. The number of piperidine rings is 1. The molecule has 1 fully saturated rings. The van der Waals surface area contributed by atoms with E-state index in [1.165, 1.54) is 16.7 Å². The molecule has 6 nitrogen and oxygen atoms in total. The highest BCUT2D eigenvalue weighted by Crippen LogP contribution is 2.23. The number of fused-ring (bicyclic) bond motifs is 1. The van der Waals surface area contributed by atoms with Crippen LogP contribution < -0.4 is 10.9 Å². The molecule has 0 aliphatic carbocycles. The van der Waals surface area contributed by atoms with Crippen molar-refractivity contribution in [1.82, 2.24) is 19.8 Å². The van der Waals surface area contributed by atoms with E-state index in [9.17, 15) is 14.3 Å². The smallest absolute Gasteiger partial charge is 0.251 e. The van der Waals surface area contributed by atoms with Crippen LogP contribution in [0.3, 0.4) is 0 Å². The van der Waals surface area contributed by atoms with Crippen LogP contribution in [0, 0.1) is 5.82 Å². The number of pyridine rings is 2. The lowest BCUT2D eigenvalue weighted by atomic mass is 10.0.